The zero-order valence-electron chi connectivity index (χ0n) is 11.3. The summed E-state index contributed by atoms with van der Waals surface area (Å²) in [7, 11) is 0. The minimum Gasteiger partial charge on any atom is -0.464 e. The van der Waals surface area contributed by atoms with Crippen LogP contribution in [0.3, 0.4) is 0 Å². The van der Waals surface area contributed by atoms with Crippen LogP contribution in [-0.4, -0.2) is 18.1 Å². The first kappa shape index (κ1) is 14.5. The lowest BCUT2D eigenvalue weighted by Gasteiger charge is -2.33. The number of halogens is 1. The van der Waals surface area contributed by atoms with Crippen LogP contribution in [0.5, 0.6) is 0 Å². The fourth-order valence-corrected chi connectivity index (χ4v) is 1.55. The first-order valence-corrected chi connectivity index (χ1v) is 6.11. The summed E-state index contributed by atoms with van der Waals surface area (Å²) in [5.74, 6) is -0.561. The molecule has 3 nitrogen and oxygen atoms in total. The number of hydrogen-bond donors (Lipinski definition) is 1. The molecular weight excluding hydrogens is 233 g/mol. The standard InChI is InChI=1S/C14H20FNO2/c1-5-18-13(17)14(4,10(2)3)16-12-8-6-11(15)7-9-12/h6-10,16H,5H2,1-4H3. The van der Waals surface area contributed by atoms with Crippen LogP contribution in [-0.2, 0) is 9.53 Å². The van der Waals surface area contributed by atoms with Crippen molar-refractivity contribution in [1.82, 2.24) is 0 Å². The van der Waals surface area contributed by atoms with Gasteiger partial charge >= 0.3 is 5.97 Å². The Labute approximate surface area is 107 Å². The maximum absolute atomic E-state index is 12.8. The topological polar surface area (TPSA) is 38.3 Å². The van der Waals surface area contributed by atoms with Crippen LogP contribution in [0.25, 0.3) is 0 Å². The van der Waals surface area contributed by atoms with Gasteiger partial charge in [0.1, 0.15) is 11.4 Å². The van der Waals surface area contributed by atoms with Gasteiger partial charge in [0.25, 0.3) is 0 Å². The van der Waals surface area contributed by atoms with E-state index in [1.54, 1.807) is 26.0 Å². The van der Waals surface area contributed by atoms with Crippen molar-refractivity contribution in [3.63, 3.8) is 0 Å². The van der Waals surface area contributed by atoms with Gasteiger partial charge in [-0.1, -0.05) is 13.8 Å². The molecule has 0 aromatic heterocycles. The summed E-state index contributed by atoms with van der Waals surface area (Å²) in [5, 5.41) is 3.13. The van der Waals surface area contributed by atoms with E-state index < -0.39 is 5.54 Å². The lowest BCUT2D eigenvalue weighted by Crippen LogP contribution is -2.49. The molecule has 0 aliphatic carbocycles. The fraction of sp³-hybridized carbons (Fsp3) is 0.500. The van der Waals surface area contributed by atoms with E-state index in [-0.39, 0.29) is 17.7 Å². The summed E-state index contributed by atoms with van der Waals surface area (Å²) in [6, 6.07) is 5.92. The van der Waals surface area contributed by atoms with Crippen LogP contribution >= 0.6 is 0 Å². The second-order valence-electron chi connectivity index (χ2n) is 4.71. The Morgan fingerprint density at radius 2 is 1.94 bits per heavy atom. The highest BCUT2D eigenvalue weighted by Crippen LogP contribution is 2.24. The Balaban J connectivity index is 2.92. The molecule has 0 saturated carbocycles. The number of rotatable bonds is 5. The number of esters is 1. The van der Waals surface area contributed by atoms with Crippen LogP contribution < -0.4 is 5.32 Å². The van der Waals surface area contributed by atoms with Crippen LogP contribution in [0.1, 0.15) is 27.7 Å². The lowest BCUT2D eigenvalue weighted by molar-refractivity contribution is -0.149. The zero-order chi connectivity index (χ0) is 13.8. The van der Waals surface area contributed by atoms with Gasteiger partial charge in [0.15, 0.2) is 0 Å². The number of hydrogen-bond acceptors (Lipinski definition) is 3. The van der Waals surface area contributed by atoms with E-state index in [4.69, 9.17) is 4.74 Å². The number of anilines is 1. The molecule has 1 rings (SSSR count). The van der Waals surface area contributed by atoms with Crippen LogP contribution in [0.15, 0.2) is 24.3 Å². The minimum atomic E-state index is -0.826. The molecule has 0 aliphatic heterocycles. The van der Waals surface area contributed by atoms with E-state index in [0.717, 1.165) is 0 Å². The molecule has 1 atom stereocenters. The van der Waals surface area contributed by atoms with Gasteiger partial charge in [-0.05, 0) is 44.0 Å². The van der Waals surface area contributed by atoms with Crippen molar-refractivity contribution in [3.8, 4) is 0 Å². The Morgan fingerprint density at radius 3 is 2.39 bits per heavy atom. The van der Waals surface area contributed by atoms with Crippen molar-refractivity contribution >= 4 is 11.7 Å². The van der Waals surface area contributed by atoms with Gasteiger partial charge in [-0.3, -0.25) is 0 Å². The predicted octanol–water partition coefficient (Wildman–Crippen LogP) is 3.22. The molecule has 1 N–H and O–H groups in total. The van der Waals surface area contributed by atoms with E-state index in [1.807, 2.05) is 13.8 Å². The third-order valence-electron chi connectivity index (χ3n) is 3.10. The highest BCUT2D eigenvalue weighted by molar-refractivity contribution is 5.84. The summed E-state index contributed by atoms with van der Waals surface area (Å²) in [6.07, 6.45) is 0. The Bertz CT molecular complexity index is 403. The average molecular weight is 253 g/mol. The molecule has 1 aromatic carbocycles. The molecule has 0 amide bonds. The van der Waals surface area contributed by atoms with Crippen LogP contribution in [0.2, 0.25) is 0 Å². The first-order chi connectivity index (χ1) is 8.40. The summed E-state index contributed by atoms with van der Waals surface area (Å²) in [5.41, 5.74) is -0.131. The summed E-state index contributed by atoms with van der Waals surface area (Å²) < 4.78 is 17.9. The minimum absolute atomic E-state index is 0.0432. The highest BCUT2D eigenvalue weighted by atomic mass is 19.1. The van der Waals surface area contributed by atoms with Gasteiger partial charge in [-0.25, -0.2) is 9.18 Å². The number of benzene rings is 1. The van der Waals surface area contributed by atoms with E-state index in [2.05, 4.69) is 5.32 Å². The highest BCUT2D eigenvalue weighted by Gasteiger charge is 2.38. The SMILES string of the molecule is CCOC(=O)C(C)(Nc1ccc(F)cc1)C(C)C. The number of ether oxygens (including phenoxy) is 1. The average Bonchev–Trinajstić information content (AvgIpc) is 2.32. The van der Waals surface area contributed by atoms with Gasteiger partial charge in [0, 0.05) is 5.69 Å². The molecule has 0 saturated heterocycles. The van der Waals surface area contributed by atoms with Gasteiger partial charge in [0.05, 0.1) is 6.61 Å². The van der Waals surface area contributed by atoms with Crippen molar-refractivity contribution in [2.24, 2.45) is 5.92 Å². The molecule has 0 radical (unpaired) electrons. The second-order valence-corrected chi connectivity index (χ2v) is 4.71. The van der Waals surface area contributed by atoms with Crippen molar-refractivity contribution in [2.75, 3.05) is 11.9 Å². The largest absolute Gasteiger partial charge is 0.464 e. The molecule has 0 bridgehead atoms. The molecule has 100 valence electrons. The predicted molar refractivity (Wildman–Crippen MR) is 69.9 cm³/mol. The van der Waals surface area contributed by atoms with Gasteiger partial charge in [-0.2, -0.15) is 0 Å². The summed E-state index contributed by atoms with van der Waals surface area (Å²) in [6.45, 7) is 7.78. The van der Waals surface area contributed by atoms with E-state index >= 15 is 0 Å². The molecule has 0 fully saturated rings. The van der Waals surface area contributed by atoms with Crippen molar-refractivity contribution in [2.45, 2.75) is 33.2 Å². The van der Waals surface area contributed by atoms with Crippen molar-refractivity contribution in [3.05, 3.63) is 30.1 Å². The lowest BCUT2D eigenvalue weighted by atomic mass is 9.88. The number of carbonyl (C=O) groups is 1. The maximum Gasteiger partial charge on any atom is 0.331 e. The Morgan fingerprint density at radius 1 is 1.39 bits per heavy atom. The number of nitrogens with one attached hydrogen (secondary N) is 1. The normalized spacial score (nSPS) is 14.1. The molecule has 4 heteroatoms. The second kappa shape index (κ2) is 5.85. The van der Waals surface area contributed by atoms with Crippen molar-refractivity contribution in [1.29, 1.82) is 0 Å². The molecular formula is C14H20FNO2. The monoisotopic (exact) mass is 253 g/mol. The third kappa shape index (κ3) is 3.22. The molecule has 0 heterocycles. The fourth-order valence-electron chi connectivity index (χ4n) is 1.55. The molecule has 1 aromatic rings. The zero-order valence-corrected chi connectivity index (χ0v) is 11.3. The van der Waals surface area contributed by atoms with E-state index in [1.165, 1.54) is 12.1 Å². The summed E-state index contributed by atoms with van der Waals surface area (Å²) in [4.78, 5) is 12.0. The van der Waals surface area contributed by atoms with Crippen molar-refractivity contribution < 1.29 is 13.9 Å². The first-order valence-electron chi connectivity index (χ1n) is 6.11. The molecule has 18 heavy (non-hydrogen) atoms. The Kier molecular flexibility index (Phi) is 4.70. The van der Waals surface area contributed by atoms with Crippen LogP contribution in [0.4, 0.5) is 10.1 Å². The number of carbonyl (C=O) groups excluding carboxylic acids is 1. The smallest absolute Gasteiger partial charge is 0.331 e. The van der Waals surface area contributed by atoms with Gasteiger partial charge in [-0.15, -0.1) is 0 Å². The van der Waals surface area contributed by atoms with Gasteiger partial charge in [0.2, 0.25) is 0 Å². The van der Waals surface area contributed by atoms with Crippen LogP contribution in [0, 0.1) is 11.7 Å². The molecule has 0 aliphatic rings. The quantitative estimate of drug-likeness (QED) is 0.819. The van der Waals surface area contributed by atoms with Gasteiger partial charge < -0.3 is 10.1 Å². The molecule has 1 unspecified atom stereocenters. The van der Waals surface area contributed by atoms with E-state index in [0.29, 0.717) is 12.3 Å². The maximum atomic E-state index is 12.8. The Hall–Kier alpha value is -1.58. The molecule has 0 spiro atoms. The summed E-state index contributed by atoms with van der Waals surface area (Å²) >= 11 is 0. The third-order valence-corrected chi connectivity index (χ3v) is 3.10. The van der Waals surface area contributed by atoms with E-state index in [9.17, 15) is 9.18 Å².